The molecule has 10 saturated carbocycles. The maximum Gasteiger partial charge on any atom is 0.402 e. The van der Waals surface area contributed by atoms with Gasteiger partial charge in [-0.2, -0.15) is 17.2 Å². The second kappa shape index (κ2) is 17.1. The van der Waals surface area contributed by atoms with Crippen molar-refractivity contribution in [1.29, 1.82) is 0 Å². The van der Waals surface area contributed by atoms with E-state index in [9.17, 15) is 31.9 Å². The predicted molar refractivity (Wildman–Crippen MR) is 238 cm³/mol. The van der Waals surface area contributed by atoms with Gasteiger partial charge in [0.2, 0.25) is 6.10 Å². The van der Waals surface area contributed by atoms with Gasteiger partial charge in [0.15, 0.2) is 6.61 Å². The van der Waals surface area contributed by atoms with Crippen LogP contribution in [0.1, 0.15) is 164 Å². The summed E-state index contributed by atoms with van der Waals surface area (Å²) in [7, 11) is -5.95. The van der Waals surface area contributed by atoms with E-state index in [-0.39, 0.29) is 55.5 Å². The van der Waals surface area contributed by atoms with Crippen LogP contribution < -0.4 is 0 Å². The molecule has 0 aromatic heterocycles. The van der Waals surface area contributed by atoms with E-state index in [0.29, 0.717) is 61.7 Å². The van der Waals surface area contributed by atoms with Crippen molar-refractivity contribution in [3.8, 4) is 0 Å². The second-order valence-electron chi connectivity index (χ2n) is 25.6. The van der Waals surface area contributed by atoms with Crippen molar-refractivity contribution in [3.63, 3.8) is 0 Å². The number of hydrogen-bond donors (Lipinski definition) is 2. The van der Waals surface area contributed by atoms with Crippen molar-refractivity contribution < 1.29 is 74.5 Å². The molecule has 2 N–H and O–H groups in total. The molecule has 0 radical (unpaired) electrons. The van der Waals surface area contributed by atoms with Crippen LogP contribution in [0.25, 0.3) is 0 Å². The van der Waals surface area contributed by atoms with Gasteiger partial charge in [-0.15, -0.1) is 0 Å². The number of fused-ring (bicyclic) bond motifs is 2. The smallest absolute Gasteiger partial charge is 0.402 e. The third-order valence-electron chi connectivity index (χ3n) is 19.5. The van der Waals surface area contributed by atoms with Crippen LogP contribution in [0.5, 0.6) is 0 Å². The lowest BCUT2D eigenvalue weighted by Gasteiger charge is -2.59. The predicted octanol–water partition coefficient (Wildman–Crippen LogP) is 8.15. The van der Waals surface area contributed by atoms with E-state index in [1.165, 1.54) is 27.2 Å². The molecule has 10 aliphatic carbocycles. The molecule has 0 aromatic rings. The molecule has 68 heavy (non-hydrogen) atoms. The Labute approximate surface area is 399 Å². The summed E-state index contributed by atoms with van der Waals surface area (Å²) in [6, 6.07) is 0. The first-order chi connectivity index (χ1) is 31.5. The highest BCUT2D eigenvalue weighted by atomic mass is 32.2. The molecule has 382 valence electrons. The van der Waals surface area contributed by atoms with Gasteiger partial charge in [-0.05, 0) is 203 Å². The SMILES string of the molecule is CC1C2CCC(C2)C1CC(CC(C)(CC(C)(CC(C)(C)C(=O)OCC(F)(F)S(=O)(=O)O)C(=O)OC12CC3CC(CC(O)(C3)C1)C2)C(=O)OC1CCOC1=O)C(=O)OC1(C)C2CC3CC(C2)CC1C3. The van der Waals surface area contributed by atoms with Gasteiger partial charge in [-0.1, -0.05) is 6.92 Å². The highest BCUT2D eigenvalue weighted by Crippen LogP contribution is 2.62. The summed E-state index contributed by atoms with van der Waals surface area (Å²) in [5.41, 5.74) is -8.19. The fraction of sp³-hybridized carbons (Fsp3) is 0.902. The summed E-state index contributed by atoms with van der Waals surface area (Å²) >= 11 is 0. The van der Waals surface area contributed by atoms with Crippen molar-refractivity contribution in [2.75, 3.05) is 13.2 Å². The molecule has 17 heteroatoms. The number of rotatable bonds is 18. The highest BCUT2D eigenvalue weighted by Gasteiger charge is 2.63. The zero-order chi connectivity index (χ0) is 49.2. The summed E-state index contributed by atoms with van der Waals surface area (Å²) in [6.07, 6.45) is 9.96. The van der Waals surface area contributed by atoms with E-state index < -0.39 is 110 Å². The fourth-order valence-corrected chi connectivity index (χ4v) is 17.2. The van der Waals surface area contributed by atoms with Gasteiger partial charge in [0.1, 0.15) is 11.2 Å². The molecule has 1 aliphatic heterocycles. The minimum Gasteiger partial charge on any atom is -0.463 e. The molecule has 14 nitrogen and oxygen atoms in total. The Bertz CT molecular complexity index is 2110. The number of carbonyl (C=O) groups excluding carboxylic acids is 5. The number of alkyl halides is 2. The zero-order valence-electron chi connectivity index (χ0n) is 40.7. The minimum absolute atomic E-state index is 0.0284. The van der Waals surface area contributed by atoms with Crippen LogP contribution in [-0.4, -0.2) is 89.3 Å². The van der Waals surface area contributed by atoms with Crippen LogP contribution in [0.15, 0.2) is 0 Å². The Balaban J connectivity index is 1.07. The minimum atomic E-state index is -5.95. The number of esters is 5. The lowest BCUT2D eigenvalue weighted by atomic mass is 9.50. The van der Waals surface area contributed by atoms with E-state index >= 15 is 14.4 Å². The maximum absolute atomic E-state index is 15.4. The van der Waals surface area contributed by atoms with Gasteiger partial charge < -0.3 is 28.8 Å². The van der Waals surface area contributed by atoms with E-state index in [2.05, 4.69) is 13.8 Å². The largest absolute Gasteiger partial charge is 0.463 e. The normalized spacial score (nSPS) is 41.1. The monoisotopic (exact) mass is 980 g/mol. The Hall–Kier alpha value is -2.92. The van der Waals surface area contributed by atoms with Gasteiger partial charge in [-0.25, -0.2) is 4.79 Å². The van der Waals surface area contributed by atoms with Crippen LogP contribution in [0.4, 0.5) is 8.78 Å². The summed E-state index contributed by atoms with van der Waals surface area (Å²) in [4.78, 5) is 72.5. The highest BCUT2D eigenvalue weighted by molar-refractivity contribution is 7.86. The molecule has 10 unspecified atom stereocenters. The van der Waals surface area contributed by atoms with Crippen LogP contribution in [0, 0.1) is 81.3 Å². The van der Waals surface area contributed by atoms with Crippen LogP contribution >= 0.6 is 0 Å². The Morgan fingerprint density at radius 3 is 1.94 bits per heavy atom. The van der Waals surface area contributed by atoms with Crippen molar-refractivity contribution in [3.05, 3.63) is 0 Å². The summed E-state index contributed by atoms with van der Waals surface area (Å²) in [5.74, 6) is -1.67. The topological polar surface area (TPSA) is 206 Å². The van der Waals surface area contributed by atoms with Crippen LogP contribution in [-0.2, 0) is 57.8 Å². The average molecular weight is 981 g/mol. The first-order valence-corrected chi connectivity index (χ1v) is 27.0. The van der Waals surface area contributed by atoms with E-state index in [0.717, 1.165) is 51.4 Å². The molecule has 11 aliphatic rings. The number of carbonyl (C=O) groups is 5. The van der Waals surface area contributed by atoms with Gasteiger partial charge in [0.25, 0.3) is 0 Å². The molecular formula is C51H74F2O14S. The van der Waals surface area contributed by atoms with Gasteiger partial charge in [0.05, 0.1) is 34.4 Å². The van der Waals surface area contributed by atoms with Crippen molar-refractivity contribution in [2.45, 2.75) is 192 Å². The third-order valence-corrected chi connectivity index (χ3v) is 20.4. The van der Waals surface area contributed by atoms with Crippen molar-refractivity contribution in [1.82, 2.24) is 0 Å². The summed E-state index contributed by atoms with van der Waals surface area (Å²) in [6.45, 7) is 8.14. The fourth-order valence-electron chi connectivity index (χ4n) is 17.0. The molecule has 0 spiro atoms. The third kappa shape index (κ3) is 9.25. The zero-order valence-corrected chi connectivity index (χ0v) is 41.6. The van der Waals surface area contributed by atoms with Crippen LogP contribution in [0.3, 0.4) is 0 Å². The molecule has 11 fully saturated rings. The molecule has 10 atom stereocenters. The summed E-state index contributed by atoms with van der Waals surface area (Å²) in [5, 5.41) is 6.83. The van der Waals surface area contributed by atoms with E-state index in [4.69, 9.17) is 28.2 Å². The quantitative estimate of drug-likeness (QED) is 0.0756. The number of halogens is 2. The molecule has 0 amide bonds. The molecule has 0 aromatic carbocycles. The number of hydrogen-bond acceptors (Lipinski definition) is 13. The maximum atomic E-state index is 15.4. The van der Waals surface area contributed by atoms with Gasteiger partial charge in [-0.3, -0.25) is 23.7 Å². The Morgan fingerprint density at radius 1 is 0.794 bits per heavy atom. The van der Waals surface area contributed by atoms with Crippen molar-refractivity contribution in [2.24, 2.45) is 81.3 Å². The van der Waals surface area contributed by atoms with Gasteiger partial charge >= 0.3 is 45.2 Å². The lowest BCUT2D eigenvalue weighted by Crippen LogP contribution is -2.61. The molecular weight excluding hydrogens is 907 g/mol. The Morgan fingerprint density at radius 2 is 1.40 bits per heavy atom. The Kier molecular flexibility index (Phi) is 12.6. The first-order valence-electron chi connectivity index (χ1n) is 25.6. The molecule has 10 bridgehead atoms. The second-order valence-corrected chi connectivity index (χ2v) is 27.1. The number of cyclic esters (lactones) is 1. The standard InChI is InChI=1S/C51H74F2O14S/c1-28-33-7-8-34(17-33)38(28)18-35(40(54)66-48(6)36-13-29-11-30(15-36)16-37(48)14-29)23-46(4,43(57)65-39-9-10-63-41(39)55)25-47(5,24-45(2,3)42(56)64-27-51(52,53)68(60,61)62)44(58)67-50-21-31-12-32(22-50)20-49(59,19-31)26-50/h28-39,59H,7-27H2,1-6H3,(H,60,61,62). The van der Waals surface area contributed by atoms with E-state index in [1.54, 1.807) is 6.92 Å². The van der Waals surface area contributed by atoms with Gasteiger partial charge in [0, 0.05) is 12.8 Å². The lowest BCUT2D eigenvalue weighted by molar-refractivity contribution is -0.228. The van der Waals surface area contributed by atoms with Crippen molar-refractivity contribution >= 4 is 40.0 Å². The van der Waals surface area contributed by atoms with E-state index in [1.807, 2.05) is 0 Å². The first kappa shape index (κ1) is 50.0. The van der Waals surface area contributed by atoms with Crippen LogP contribution in [0.2, 0.25) is 0 Å². The number of aliphatic hydroxyl groups is 1. The summed E-state index contributed by atoms with van der Waals surface area (Å²) < 4.78 is 90.4. The molecule has 11 rings (SSSR count). The molecule has 1 heterocycles. The number of ether oxygens (including phenoxy) is 5. The average Bonchev–Trinajstić information content (AvgIpc) is 3.94. The molecule has 1 saturated heterocycles.